The lowest BCUT2D eigenvalue weighted by Crippen LogP contribution is -2.13. The number of rotatable bonds is 6. The van der Waals surface area contributed by atoms with Crippen molar-refractivity contribution in [2.45, 2.75) is 13.0 Å². The summed E-state index contributed by atoms with van der Waals surface area (Å²) in [4.78, 5) is 15.1. The SMILES string of the molecule is COc1cccc(CNc2ccc(CC(N)=O)cc2)n1. The van der Waals surface area contributed by atoms with Gasteiger partial charge in [-0.05, 0) is 23.8 Å². The average Bonchev–Trinajstić information content (AvgIpc) is 2.46. The molecule has 3 N–H and O–H groups in total. The smallest absolute Gasteiger partial charge is 0.221 e. The second kappa shape index (κ2) is 6.56. The summed E-state index contributed by atoms with van der Waals surface area (Å²) in [6, 6.07) is 13.2. The maximum atomic E-state index is 10.8. The molecule has 0 fully saturated rings. The van der Waals surface area contributed by atoms with E-state index in [-0.39, 0.29) is 12.3 Å². The van der Waals surface area contributed by atoms with Gasteiger partial charge < -0.3 is 15.8 Å². The number of amides is 1. The molecule has 1 aromatic carbocycles. The van der Waals surface area contributed by atoms with Crippen molar-refractivity contribution >= 4 is 11.6 Å². The molecular formula is C15H17N3O2. The van der Waals surface area contributed by atoms with E-state index < -0.39 is 0 Å². The standard InChI is InChI=1S/C15H17N3O2/c1-20-15-4-2-3-13(18-15)10-17-12-7-5-11(6-8-12)9-14(16)19/h2-8,17H,9-10H2,1H3,(H2,16,19). The highest BCUT2D eigenvalue weighted by molar-refractivity contribution is 5.76. The molecule has 1 heterocycles. The Balaban J connectivity index is 1.94. The zero-order chi connectivity index (χ0) is 14.4. The molecule has 1 amide bonds. The second-order valence-electron chi connectivity index (χ2n) is 4.36. The van der Waals surface area contributed by atoms with Crippen LogP contribution in [0, 0.1) is 0 Å². The number of ether oxygens (including phenoxy) is 1. The lowest BCUT2D eigenvalue weighted by atomic mass is 10.1. The van der Waals surface area contributed by atoms with Crippen molar-refractivity contribution in [1.82, 2.24) is 4.98 Å². The van der Waals surface area contributed by atoms with Crippen molar-refractivity contribution in [2.24, 2.45) is 5.73 Å². The van der Waals surface area contributed by atoms with Gasteiger partial charge in [0.25, 0.3) is 0 Å². The molecule has 1 aromatic heterocycles. The van der Waals surface area contributed by atoms with E-state index in [4.69, 9.17) is 10.5 Å². The van der Waals surface area contributed by atoms with Gasteiger partial charge in [0.2, 0.25) is 11.8 Å². The molecule has 5 heteroatoms. The summed E-state index contributed by atoms with van der Waals surface area (Å²) in [6.45, 7) is 0.604. The Morgan fingerprint density at radius 1 is 1.25 bits per heavy atom. The lowest BCUT2D eigenvalue weighted by Gasteiger charge is -2.07. The van der Waals surface area contributed by atoms with E-state index in [1.54, 1.807) is 7.11 Å². The van der Waals surface area contributed by atoms with Crippen LogP contribution in [0.15, 0.2) is 42.5 Å². The van der Waals surface area contributed by atoms with E-state index in [9.17, 15) is 4.79 Å². The molecule has 0 aliphatic carbocycles. The number of methoxy groups -OCH3 is 1. The van der Waals surface area contributed by atoms with Crippen LogP contribution in [0.5, 0.6) is 5.88 Å². The second-order valence-corrected chi connectivity index (χ2v) is 4.36. The molecule has 5 nitrogen and oxygen atoms in total. The number of benzene rings is 1. The molecule has 0 saturated heterocycles. The highest BCUT2D eigenvalue weighted by Crippen LogP contribution is 2.12. The zero-order valence-electron chi connectivity index (χ0n) is 11.3. The van der Waals surface area contributed by atoms with Gasteiger partial charge >= 0.3 is 0 Å². The first-order valence-electron chi connectivity index (χ1n) is 6.28. The lowest BCUT2D eigenvalue weighted by molar-refractivity contribution is -0.117. The van der Waals surface area contributed by atoms with E-state index in [2.05, 4.69) is 10.3 Å². The van der Waals surface area contributed by atoms with Gasteiger partial charge in [0, 0.05) is 11.8 Å². The number of hydrogen-bond acceptors (Lipinski definition) is 4. The highest BCUT2D eigenvalue weighted by Gasteiger charge is 2.00. The van der Waals surface area contributed by atoms with Gasteiger partial charge in [-0.25, -0.2) is 4.98 Å². The van der Waals surface area contributed by atoms with Crippen molar-refractivity contribution in [3.8, 4) is 5.88 Å². The van der Waals surface area contributed by atoms with Crippen molar-refractivity contribution in [2.75, 3.05) is 12.4 Å². The molecule has 104 valence electrons. The summed E-state index contributed by atoms with van der Waals surface area (Å²) in [5.41, 5.74) is 7.91. The predicted molar refractivity (Wildman–Crippen MR) is 77.5 cm³/mol. The van der Waals surface area contributed by atoms with Crippen LogP contribution in [-0.2, 0) is 17.8 Å². The molecule has 2 aromatic rings. The molecule has 0 atom stereocenters. The molecule has 0 saturated carbocycles. The van der Waals surface area contributed by atoms with Gasteiger partial charge in [-0.15, -0.1) is 0 Å². The van der Waals surface area contributed by atoms with Crippen LogP contribution in [0.4, 0.5) is 5.69 Å². The Kier molecular flexibility index (Phi) is 4.55. The fourth-order valence-corrected chi connectivity index (χ4v) is 1.80. The van der Waals surface area contributed by atoms with Crippen LogP contribution >= 0.6 is 0 Å². The van der Waals surface area contributed by atoms with Crippen LogP contribution in [0.2, 0.25) is 0 Å². The van der Waals surface area contributed by atoms with Crippen LogP contribution < -0.4 is 15.8 Å². The van der Waals surface area contributed by atoms with Crippen LogP contribution in [0.1, 0.15) is 11.3 Å². The number of primary amides is 1. The zero-order valence-corrected chi connectivity index (χ0v) is 11.3. The third kappa shape index (κ3) is 3.98. The third-order valence-corrected chi connectivity index (χ3v) is 2.80. The van der Waals surface area contributed by atoms with Gasteiger partial charge in [-0.2, -0.15) is 0 Å². The Labute approximate surface area is 117 Å². The average molecular weight is 271 g/mol. The monoisotopic (exact) mass is 271 g/mol. The van der Waals surface area contributed by atoms with Crippen LogP contribution in [0.3, 0.4) is 0 Å². The Bertz CT molecular complexity index is 582. The Hall–Kier alpha value is -2.56. The van der Waals surface area contributed by atoms with E-state index in [1.165, 1.54) is 0 Å². The van der Waals surface area contributed by atoms with E-state index in [0.29, 0.717) is 12.4 Å². The molecular weight excluding hydrogens is 254 g/mol. The minimum absolute atomic E-state index is 0.262. The van der Waals surface area contributed by atoms with E-state index in [1.807, 2.05) is 42.5 Å². The van der Waals surface area contributed by atoms with Gasteiger partial charge in [0.1, 0.15) is 0 Å². The minimum Gasteiger partial charge on any atom is -0.481 e. The predicted octanol–water partition coefficient (Wildman–Crippen LogP) is 1.73. The summed E-state index contributed by atoms with van der Waals surface area (Å²) in [6.07, 6.45) is 0.262. The first-order chi connectivity index (χ1) is 9.67. The summed E-state index contributed by atoms with van der Waals surface area (Å²) in [5, 5.41) is 3.26. The number of hydrogen-bond donors (Lipinski definition) is 2. The van der Waals surface area contributed by atoms with E-state index >= 15 is 0 Å². The molecule has 0 bridgehead atoms. The van der Waals surface area contributed by atoms with Crippen molar-refractivity contribution in [3.63, 3.8) is 0 Å². The largest absolute Gasteiger partial charge is 0.481 e. The number of carbonyl (C=O) groups is 1. The van der Waals surface area contributed by atoms with E-state index in [0.717, 1.165) is 16.9 Å². The summed E-state index contributed by atoms with van der Waals surface area (Å²) >= 11 is 0. The van der Waals surface area contributed by atoms with Gasteiger partial charge in [0.05, 0.1) is 25.8 Å². The topological polar surface area (TPSA) is 77.2 Å². The summed E-state index contributed by atoms with van der Waals surface area (Å²) in [7, 11) is 1.59. The van der Waals surface area contributed by atoms with Crippen molar-refractivity contribution in [3.05, 3.63) is 53.7 Å². The highest BCUT2D eigenvalue weighted by atomic mass is 16.5. The van der Waals surface area contributed by atoms with Crippen molar-refractivity contribution in [1.29, 1.82) is 0 Å². The van der Waals surface area contributed by atoms with Gasteiger partial charge in [-0.3, -0.25) is 4.79 Å². The fraction of sp³-hybridized carbons (Fsp3) is 0.200. The van der Waals surface area contributed by atoms with Crippen LogP contribution in [0.25, 0.3) is 0 Å². The molecule has 0 unspecified atom stereocenters. The van der Waals surface area contributed by atoms with Gasteiger partial charge in [-0.1, -0.05) is 18.2 Å². The van der Waals surface area contributed by atoms with Crippen molar-refractivity contribution < 1.29 is 9.53 Å². The number of nitrogens with two attached hydrogens (primary N) is 1. The number of pyridine rings is 1. The number of carbonyl (C=O) groups excluding carboxylic acids is 1. The minimum atomic E-state index is -0.328. The summed E-state index contributed by atoms with van der Waals surface area (Å²) in [5.74, 6) is 0.271. The normalized spacial score (nSPS) is 10.1. The number of nitrogens with zero attached hydrogens (tertiary/aromatic N) is 1. The Morgan fingerprint density at radius 2 is 2.00 bits per heavy atom. The first kappa shape index (κ1) is 13.9. The van der Waals surface area contributed by atoms with Crippen LogP contribution in [-0.4, -0.2) is 18.0 Å². The quantitative estimate of drug-likeness (QED) is 0.838. The first-order valence-corrected chi connectivity index (χ1v) is 6.28. The molecule has 2 rings (SSSR count). The maximum Gasteiger partial charge on any atom is 0.221 e. The fourth-order valence-electron chi connectivity index (χ4n) is 1.80. The Morgan fingerprint density at radius 3 is 2.65 bits per heavy atom. The molecule has 20 heavy (non-hydrogen) atoms. The summed E-state index contributed by atoms with van der Waals surface area (Å²) < 4.78 is 5.08. The molecule has 0 radical (unpaired) electrons. The molecule has 0 aliphatic rings. The number of nitrogens with one attached hydrogen (secondary N) is 1. The molecule has 0 aliphatic heterocycles. The third-order valence-electron chi connectivity index (χ3n) is 2.80. The number of anilines is 1. The van der Waals surface area contributed by atoms with Gasteiger partial charge in [0.15, 0.2) is 0 Å². The maximum absolute atomic E-state index is 10.8. The number of aromatic nitrogens is 1. The molecule has 0 spiro atoms.